The molecule has 2 aromatic rings. The standard InChI is InChI=1S/C15H16N2OS/c1-9-6-7-10(2)11(8-9)14(18)17-15-16-12-4-3-5-13(12)19-15/h6-8H,3-5H2,1-2H3,(H,16,17,18). The molecule has 1 aliphatic carbocycles. The number of hydrogen-bond acceptors (Lipinski definition) is 3. The largest absolute Gasteiger partial charge is 0.298 e. The number of aryl methyl sites for hydroxylation is 4. The Morgan fingerprint density at radius 2 is 2.16 bits per heavy atom. The minimum atomic E-state index is -0.0615. The summed E-state index contributed by atoms with van der Waals surface area (Å²) in [4.78, 5) is 18.1. The predicted molar refractivity (Wildman–Crippen MR) is 78.0 cm³/mol. The number of benzene rings is 1. The zero-order valence-electron chi connectivity index (χ0n) is 11.1. The van der Waals surface area contributed by atoms with Crippen molar-refractivity contribution in [2.45, 2.75) is 33.1 Å². The maximum Gasteiger partial charge on any atom is 0.257 e. The first-order valence-electron chi connectivity index (χ1n) is 6.50. The summed E-state index contributed by atoms with van der Waals surface area (Å²) >= 11 is 1.61. The van der Waals surface area contributed by atoms with Crippen LogP contribution in [0.5, 0.6) is 0 Å². The second kappa shape index (κ2) is 4.78. The number of thiazole rings is 1. The molecule has 0 fully saturated rings. The number of carbonyl (C=O) groups is 1. The summed E-state index contributed by atoms with van der Waals surface area (Å²) in [5.74, 6) is -0.0615. The summed E-state index contributed by atoms with van der Waals surface area (Å²) in [5.41, 5.74) is 3.99. The molecule has 0 unspecified atom stereocenters. The molecule has 3 nitrogen and oxygen atoms in total. The second-order valence-corrected chi connectivity index (χ2v) is 6.10. The van der Waals surface area contributed by atoms with Gasteiger partial charge in [0.1, 0.15) is 0 Å². The normalized spacial score (nSPS) is 13.4. The molecule has 1 aliphatic rings. The number of amides is 1. The third kappa shape index (κ3) is 2.40. The summed E-state index contributed by atoms with van der Waals surface area (Å²) in [6.07, 6.45) is 3.34. The van der Waals surface area contributed by atoms with E-state index in [0.717, 1.165) is 34.7 Å². The van der Waals surface area contributed by atoms with Gasteiger partial charge < -0.3 is 0 Å². The van der Waals surface area contributed by atoms with E-state index in [0.29, 0.717) is 0 Å². The van der Waals surface area contributed by atoms with Crippen LogP contribution in [0.4, 0.5) is 5.13 Å². The van der Waals surface area contributed by atoms with Crippen molar-refractivity contribution in [3.63, 3.8) is 0 Å². The zero-order chi connectivity index (χ0) is 13.4. The van der Waals surface area contributed by atoms with Crippen molar-refractivity contribution >= 4 is 22.4 Å². The molecule has 4 heteroatoms. The van der Waals surface area contributed by atoms with Crippen LogP contribution in [0.15, 0.2) is 18.2 Å². The minimum Gasteiger partial charge on any atom is -0.298 e. The molecule has 1 N–H and O–H groups in total. The SMILES string of the molecule is Cc1ccc(C)c(C(=O)Nc2nc3c(s2)CCC3)c1. The molecule has 1 aromatic heterocycles. The molecule has 0 saturated carbocycles. The van der Waals surface area contributed by atoms with E-state index in [1.54, 1.807) is 11.3 Å². The summed E-state index contributed by atoms with van der Waals surface area (Å²) < 4.78 is 0. The van der Waals surface area contributed by atoms with Crippen LogP contribution < -0.4 is 5.32 Å². The Kier molecular flexibility index (Phi) is 3.11. The van der Waals surface area contributed by atoms with Crippen LogP contribution in [0.2, 0.25) is 0 Å². The molecular formula is C15H16N2OS. The van der Waals surface area contributed by atoms with Crippen LogP contribution in [0.3, 0.4) is 0 Å². The fourth-order valence-corrected chi connectivity index (χ4v) is 3.43. The van der Waals surface area contributed by atoms with Crippen LogP contribution in [-0.2, 0) is 12.8 Å². The topological polar surface area (TPSA) is 42.0 Å². The molecule has 1 aromatic carbocycles. The third-order valence-electron chi connectivity index (χ3n) is 3.45. The molecule has 0 saturated heterocycles. The van der Waals surface area contributed by atoms with Crippen molar-refractivity contribution < 1.29 is 4.79 Å². The van der Waals surface area contributed by atoms with Crippen LogP contribution >= 0.6 is 11.3 Å². The van der Waals surface area contributed by atoms with Gasteiger partial charge in [0.2, 0.25) is 0 Å². The van der Waals surface area contributed by atoms with Crippen LogP contribution in [0.1, 0.15) is 38.5 Å². The number of hydrogen-bond donors (Lipinski definition) is 1. The highest BCUT2D eigenvalue weighted by atomic mass is 32.1. The number of nitrogens with one attached hydrogen (secondary N) is 1. The Labute approximate surface area is 116 Å². The lowest BCUT2D eigenvalue weighted by molar-refractivity contribution is 0.102. The second-order valence-electron chi connectivity index (χ2n) is 5.01. The number of rotatable bonds is 2. The van der Waals surface area contributed by atoms with Gasteiger partial charge >= 0.3 is 0 Å². The quantitative estimate of drug-likeness (QED) is 0.909. The van der Waals surface area contributed by atoms with Gasteiger partial charge in [-0.1, -0.05) is 17.7 Å². The van der Waals surface area contributed by atoms with Gasteiger partial charge in [-0.3, -0.25) is 10.1 Å². The molecule has 0 radical (unpaired) electrons. The lowest BCUT2D eigenvalue weighted by Crippen LogP contribution is -2.13. The highest BCUT2D eigenvalue weighted by molar-refractivity contribution is 7.16. The van der Waals surface area contributed by atoms with Gasteiger partial charge in [0.15, 0.2) is 5.13 Å². The number of carbonyl (C=O) groups excluding carboxylic acids is 1. The van der Waals surface area contributed by atoms with Gasteiger partial charge in [-0.15, -0.1) is 11.3 Å². The van der Waals surface area contributed by atoms with Crippen molar-refractivity contribution in [1.29, 1.82) is 0 Å². The smallest absolute Gasteiger partial charge is 0.257 e. The van der Waals surface area contributed by atoms with Crippen LogP contribution in [-0.4, -0.2) is 10.9 Å². The number of anilines is 1. The van der Waals surface area contributed by atoms with E-state index in [4.69, 9.17) is 0 Å². The van der Waals surface area contributed by atoms with E-state index in [1.807, 2.05) is 32.0 Å². The fraction of sp³-hybridized carbons (Fsp3) is 0.333. The van der Waals surface area contributed by atoms with Crippen LogP contribution in [0.25, 0.3) is 0 Å². The zero-order valence-corrected chi connectivity index (χ0v) is 11.9. The lowest BCUT2D eigenvalue weighted by atomic mass is 10.1. The summed E-state index contributed by atoms with van der Waals surface area (Å²) in [7, 11) is 0. The van der Waals surface area contributed by atoms with Gasteiger partial charge in [-0.2, -0.15) is 0 Å². The van der Waals surface area contributed by atoms with Crippen molar-refractivity contribution in [3.05, 3.63) is 45.5 Å². The van der Waals surface area contributed by atoms with Crippen molar-refractivity contribution in [3.8, 4) is 0 Å². The molecule has 0 aliphatic heterocycles. The first kappa shape index (κ1) is 12.4. The highest BCUT2D eigenvalue weighted by Crippen LogP contribution is 2.30. The van der Waals surface area contributed by atoms with Crippen molar-refractivity contribution in [2.75, 3.05) is 5.32 Å². The summed E-state index contributed by atoms with van der Waals surface area (Å²) in [6, 6.07) is 5.92. The molecule has 0 atom stereocenters. The van der Waals surface area contributed by atoms with Crippen LogP contribution in [0, 0.1) is 13.8 Å². The molecule has 1 heterocycles. The molecule has 1 amide bonds. The monoisotopic (exact) mass is 272 g/mol. The Balaban J connectivity index is 1.82. The third-order valence-corrected chi connectivity index (χ3v) is 4.53. The van der Waals surface area contributed by atoms with Gasteiger partial charge in [-0.05, 0) is 44.7 Å². The summed E-state index contributed by atoms with van der Waals surface area (Å²) in [6.45, 7) is 3.95. The first-order chi connectivity index (χ1) is 9.13. The number of fused-ring (bicyclic) bond motifs is 1. The fourth-order valence-electron chi connectivity index (χ4n) is 2.39. The maximum absolute atomic E-state index is 12.3. The Morgan fingerprint density at radius 1 is 1.32 bits per heavy atom. The maximum atomic E-state index is 12.3. The summed E-state index contributed by atoms with van der Waals surface area (Å²) in [5, 5.41) is 3.66. The molecular weight excluding hydrogens is 256 g/mol. The Hall–Kier alpha value is -1.68. The van der Waals surface area contributed by atoms with Gasteiger partial charge in [0.25, 0.3) is 5.91 Å². The average molecular weight is 272 g/mol. The molecule has 0 spiro atoms. The molecule has 0 bridgehead atoms. The minimum absolute atomic E-state index is 0.0615. The number of nitrogens with zero attached hydrogens (tertiary/aromatic N) is 1. The van der Waals surface area contributed by atoms with Crippen molar-refractivity contribution in [1.82, 2.24) is 4.98 Å². The Morgan fingerprint density at radius 3 is 2.95 bits per heavy atom. The van der Waals surface area contributed by atoms with Gasteiger partial charge in [0.05, 0.1) is 5.69 Å². The van der Waals surface area contributed by atoms with E-state index in [1.165, 1.54) is 17.0 Å². The van der Waals surface area contributed by atoms with E-state index in [9.17, 15) is 4.79 Å². The van der Waals surface area contributed by atoms with Gasteiger partial charge in [-0.25, -0.2) is 4.98 Å². The van der Waals surface area contributed by atoms with E-state index >= 15 is 0 Å². The van der Waals surface area contributed by atoms with E-state index < -0.39 is 0 Å². The van der Waals surface area contributed by atoms with E-state index in [-0.39, 0.29) is 5.91 Å². The molecule has 19 heavy (non-hydrogen) atoms. The molecule has 98 valence electrons. The lowest BCUT2D eigenvalue weighted by Gasteiger charge is -2.06. The van der Waals surface area contributed by atoms with Crippen molar-refractivity contribution in [2.24, 2.45) is 0 Å². The number of aromatic nitrogens is 1. The first-order valence-corrected chi connectivity index (χ1v) is 7.32. The average Bonchev–Trinajstić information content (AvgIpc) is 2.92. The molecule has 3 rings (SSSR count). The highest BCUT2D eigenvalue weighted by Gasteiger charge is 2.18. The van der Waals surface area contributed by atoms with Gasteiger partial charge in [0, 0.05) is 10.4 Å². The predicted octanol–water partition coefficient (Wildman–Crippen LogP) is 3.50. The Bertz CT molecular complexity index is 624. The van der Waals surface area contributed by atoms with E-state index in [2.05, 4.69) is 10.3 Å².